The Hall–Kier alpha value is -0.0000000000000000555. The van der Waals surface area contributed by atoms with Gasteiger partial charge in [-0.2, -0.15) is 8.78 Å². The first kappa shape index (κ1) is 9.09. The molecule has 66 valence electrons. The molecule has 0 N–H and O–H groups in total. The Balaban J connectivity index is 2.78. The number of hydrogen-bond donors (Lipinski definition) is 0. The van der Waals surface area contributed by atoms with Gasteiger partial charge in [-0.3, -0.25) is 0 Å². The van der Waals surface area contributed by atoms with Crippen LogP contribution in [-0.4, -0.2) is 29.5 Å². The van der Waals surface area contributed by atoms with Crippen LogP contribution in [-0.2, 0) is 0 Å². The van der Waals surface area contributed by atoms with Gasteiger partial charge >= 0.3 is 5.25 Å². The van der Waals surface area contributed by atoms with E-state index >= 15 is 0 Å². The van der Waals surface area contributed by atoms with Crippen molar-refractivity contribution in [1.29, 1.82) is 0 Å². The van der Waals surface area contributed by atoms with Crippen LogP contribution >= 0.6 is 11.8 Å². The molecule has 0 spiro atoms. The van der Waals surface area contributed by atoms with Crippen molar-refractivity contribution < 1.29 is 22.0 Å². The lowest BCUT2D eigenvalue weighted by Crippen LogP contribution is -2.41. The lowest BCUT2D eigenvalue weighted by molar-refractivity contribution is -0.0563. The van der Waals surface area contributed by atoms with Crippen molar-refractivity contribution in [2.24, 2.45) is 0 Å². The maximum atomic E-state index is 12.7. The Morgan fingerprint density at radius 1 is 1.36 bits per heavy atom. The molecular weight excluding hydrogens is 187 g/mol. The van der Waals surface area contributed by atoms with Gasteiger partial charge < -0.3 is 0 Å². The fraction of sp³-hybridized carbons (Fsp3) is 1.00. The second-order valence-electron chi connectivity index (χ2n) is 2.38. The third kappa shape index (κ3) is 1.32. The molecule has 0 amide bonds. The SMILES string of the molecule is FCC1(F)CSC(F)(F)C1F. The number of hydrogen-bond acceptors (Lipinski definition) is 1. The van der Waals surface area contributed by atoms with Crippen molar-refractivity contribution in [3.8, 4) is 0 Å². The Bertz CT molecular complexity index is 161. The van der Waals surface area contributed by atoms with Crippen molar-refractivity contribution in [2.75, 3.05) is 12.4 Å². The summed E-state index contributed by atoms with van der Waals surface area (Å²) in [5.74, 6) is -0.822. The van der Waals surface area contributed by atoms with Crippen LogP contribution in [0.3, 0.4) is 0 Å². The van der Waals surface area contributed by atoms with Crippen molar-refractivity contribution in [1.82, 2.24) is 0 Å². The fourth-order valence-corrected chi connectivity index (χ4v) is 1.78. The normalized spacial score (nSPS) is 42.8. The number of halogens is 5. The fourth-order valence-electron chi connectivity index (χ4n) is 0.770. The smallest absolute Gasteiger partial charge is 0.247 e. The van der Waals surface area contributed by atoms with Crippen molar-refractivity contribution in [2.45, 2.75) is 17.1 Å². The number of rotatable bonds is 1. The first-order valence-electron chi connectivity index (χ1n) is 2.83. The van der Waals surface area contributed by atoms with Gasteiger partial charge in [-0.25, -0.2) is 13.2 Å². The largest absolute Gasteiger partial charge is 0.327 e. The monoisotopic (exact) mass is 192 g/mol. The lowest BCUT2D eigenvalue weighted by Gasteiger charge is -2.18. The Labute approximate surface area is 64.1 Å². The van der Waals surface area contributed by atoms with E-state index in [1.165, 1.54) is 0 Å². The molecule has 0 bridgehead atoms. The summed E-state index contributed by atoms with van der Waals surface area (Å²) in [6, 6.07) is 0. The summed E-state index contributed by atoms with van der Waals surface area (Å²) in [5, 5.41) is -3.78. The summed E-state index contributed by atoms with van der Waals surface area (Å²) in [4.78, 5) is 0. The zero-order chi connectivity index (χ0) is 8.70. The first-order valence-corrected chi connectivity index (χ1v) is 3.82. The van der Waals surface area contributed by atoms with Gasteiger partial charge in [-0.1, -0.05) is 11.8 Å². The molecule has 1 rings (SSSR count). The highest BCUT2D eigenvalue weighted by Gasteiger charge is 2.62. The van der Waals surface area contributed by atoms with E-state index in [2.05, 4.69) is 0 Å². The van der Waals surface area contributed by atoms with Gasteiger partial charge in [0.15, 0.2) is 5.67 Å². The predicted octanol–water partition coefficient (Wildman–Crippen LogP) is 2.34. The molecule has 0 saturated carbocycles. The molecule has 1 aliphatic rings. The van der Waals surface area contributed by atoms with E-state index < -0.39 is 29.5 Å². The van der Waals surface area contributed by atoms with Crippen LogP contribution in [0, 0.1) is 0 Å². The summed E-state index contributed by atoms with van der Waals surface area (Å²) in [5.41, 5.74) is -2.99. The zero-order valence-corrected chi connectivity index (χ0v) is 6.11. The van der Waals surface area contributed by atoms with Gasteiger partial charge in [0.25, 0.3) is 0 Å². The molecule has 0 aromatic carbocycles. The van der Waals surface area contributed by atoms with Crippen molar-refractivity contribution >= 4 is 11.8 Å². The quantitative estimate of drug-likeness (QED) is 0.574. The molecule has 0 aromatic rings. The van der Waals surface area contributed by atoms with E-state index in [0.717, 1.165) is 0 Å². The van der Waals surface area contributed by atoms with Gasteiger partial charge in [0.05, 0.1) is 0 Å². The maximum absolute atomic E-state index is 12.7. The summed E-state index contributed by atoms with van der Waals surface area (Å²) in [7, 11) is 0. The molecule has 1 saturated heterocycles. The van der Waals surface area contributed by atoms with E-state index in [0.29, 0.717) is 0 Å². The van der Waals surface area contributed by atoms with Crippen LogP contribution in [0.1, 0.15) is 0 Å². The highest BCUT2D eigenvalue weighted by Crippen LogP contribution is 2.49. The van der Waals surface area contributed by atoms with E-state index in [-0.39, 0.29) is 11.8 Å². The summed E-state index contributed by atoms with van der Waals surface area (Å²) < 4.78 is 61.2. The summed E-state index contributed by atoms with van der Waals surface area (Å²) >= 11 is -0.184. The highest BCUT2D eigenvalue weighted by atomic mass is 32.2. The average molecular weight is 192 g/mol. The van der Waals surface area contributed by atoms with Crippen LogP contribution in [0.25, 0.3) is 0 Å². The van der Waals surface area contributed by atoms with Gasteiger partial charge in [-0.15, -0.1) is 0 Å². The van der Waals surface area contributed by atoms with E-state index in [1.807, 2.05) is 0 Å². The van der Waals surface area contributed by atoms with Gasteiger partial charge in [-0.05, 0) is 0 Å². The van der Waals surface area contributed by atoms with Crippen LogP contribution in [0.4, 0.5) is 22.0 Å². The van der Waals surface area contributed by atoms with E-state index in [1.54, 1.807) is 0 Å². The summed E-state index contributed by atoms with van der Waals surface area (Å²) in [6.45, 7) is -1.70. The van der Waals surface area contributed by atoms with Gasteiger partial charge in [0, 0.05) is 5.75 Å². The van der Waals surface area contributed by atoms with Crippen LogP contribution in [0.5, 0.6) is 0 Å². The molecule has 0 nitrogen and oxygen atoms in total. The van der Waals surface area contributed by atoms with Crippen LogP contribution in [0.15, 0.2) is 0 Å². The van der Waals surface area contributed by atoms with Crippen molar-refractivity contribution in [3.63, 3.8) is 0 Å². The highest BCUT2D eigenvalue weighted by molar-refractivity contribution is 8.00. The zero-order valence-electron chi connectivity index (χ0n) is 5.29. The molecule has 11 heavy (non-hydrogen) atoms. The lowest BCUT2D eigenvalue weighted by atomic mass is 10.1. The summed E-state index contributed by atoms with van der Waals surface area (Å²) in [6.07, 6.45) is -3.02. The molecule has 0 radical (unpaired) electrons. The average Bonchev–Trinajstić information content (AvgIpc) is 2.16. The second-order valence-corrected chi connectivity index (χ2v) is 3.50. The van der Waals surface area contributed by atoms with E-state index in [9.17, 15) is 22.0 Å². The Kier molecular flexibility index (Phi) is 2.07. The second kappa shape index (κ2) is 2.50. The Morgan fingerprint density at radius 2 is 1.91 bits per heavy atom. The minimum Gasteiger partial charge on any atom is -0.247 e. The Morgan fingerprint density at radius 3 is 2.09 bits per heavy atom. The molecule has 0 aliphatic carbocycles. The molecule has 0 aromatic heterocycles. The predicted molar refractivity (Wildman–Crippen MR) is 32.1 cm³/mol. The first-order chi connectivity index (χ1) is 4.92. The molecule has 1 heterocycles. The molecule has 1 aliphatic heterocycles. The number of thioether (sulfide) groups is 1. The standard InChI is InChI=1S/C5H5F5S/c6-1-4(8)2-11-5(9,10)3(4)7/h3H,1-2H2. The third-order valence-corrected chi connectivity index (χ3v) is 2.69. The minimum absolute atomic E-state index is 0.184. The van der Waals surface area contributed by atoms with Gasteiger partial charge in [0.1, 0.15) is 6.67 Å². The van der Waals surface area contributed by atoms with Crippen molar-refractivity contribution in [3.05, 3.63) is 0 Å². The molecule has 2 unspecified atom stereocenters. The number of alkyl halides is 5. The van der Waals surface area contributed by atoms with Gasteiger partial charge in [0.2, 0.25) is 6.17 Å². The molecule has 2 atom stereocenters. The van der Waals surface area contributed by atoms with Crippen LogP contribution < -0.4 is 0 Å². The molecule has 6 heteroatoms. The maximum Gasteiger partial charge on any atom is 0.327 e. The minimum atomic E-state index is -3.78. The third-order valence-electron chi connectivity index (χ3n) is 1.48. The van der Waals surface area contributed by atoms with E-state index in [4.69, 9.17) is 0 Å². The van der Waals surface area contributed by atoms with Crippen LogP contribution in [0.2, 0.25) is 0 Å². The molecular formula is C5H5F5S. The topological polar surface area (TPSA) is 0 Å². The molecule has 1 fully saturated rings.